The molecule has 1 aliphatic heterocycles. The maximum atomic E-state index is 12.0. The summed E-state index contributed by atoms with van der Waals surface area (Å²) in [6.07, 6.45) is 4.88. The molecule has 2 rings (SSSR count). The molecule has 0 bridgehead atoms. The van der Waals surface area contributed by atoms with Gasteiger partial charge in [-0.1, -0.05) is 12.1 Å². The Labute approximate surface area is 155 Å². The van der Waals surface area contributed by atoms with Crippen molar-refractivity contribution < 1.29 is 4.79 Å². The molecular formula is C19H30N4OS. The second kappa shape index (κ2) is 9.13. The zero-order chi connectivity index (χ0) is 18.3. The van der Waals surface area contributed by atoms with Crippen LogP contribution in [0.3, 0.4) is 0 Å². The molecular weight excluding hydrogens is 332 g/mol. The minimum atomic E-state index is 0.167. The third-order valence-electron chi connectivity index (χ3n) is 4.49. The second-order valence-corrected chi connectivity index (χ2v) is 8.43. The topological polar surface area (TPSA) is 56.7 Å². The number of nitrogens with zero attached hydrogens (tertiary/aromatic N) is 2. The highest BCUT2D eigenvalue weighted by Crippen LogP contribution is 2.21. The summed E-state index contributed by atoms with van der Waals surface area (Å²) in [6, 6.07) is 8.22. The lowest BCUT2D eigenvalue weighted by Crippen LogP contribution is -2.43. The first-order valence-corrected chi connectivity index (χ1v) is 10.1. The third-order valence-corrected chi connectivity index (χ3v) is 5.74. The average Bonchev–Trinajstić information content (AvgIpc) is 2.63. The van der Waals surface area contributed by atoms with Crippen molar-refractivity contribution in [3.63, 3.8) is 0 Å². The number of hydrogen-bond donors (Lipinski definition) is 2. The Bertz CT molecular complexity index is 598. The summed E-state index contributed by atoms with van der Waals surface area (Å²) in [5.74, 6) is 1.04. The molecule has 1 aromatic rings. The standard InChI is InChI=1S/C19H30N4OS/c1-19(2,25-4)14-22-18(20-3)21-13-15-8-10-16(11-9-15)23-12-6-5-7-17(23)24/h8-11H,5-7,12-14H2,1-4H3,(H2,20,21,22). The molecule has 1 amide bonds. The largest absolute Gasteiger partial charge is 0.355 e. The van der Waals surface area contributed by atoms with Crippen LogP contribution in [0.5, 0.6) is 0 Å². The van der Waals surface area contributed by atoms with Crippen LogP contribution in [0.25, 0.3) is 0 Å². The fraction of sp³-hybridized carbons (Fsp3) is 0.579. The third kappa shape index (κ3) is 5.96. The molecule has 1 heterocycles. The first-order chi connectivity index (χ1) is 11.9. The highest BCUT2D eigenvalue weighted by Gasteiger charge is 2.19. The van der Waals surface area contributed by atoms with Gasteiger partial charge in [0.1, 0.15) is 0 Å². The Morgan fingerprint density at radius 1 is 1.24 bits per heavy atom. The van der Waals surface area contributed by atoms with Gasteiger partial charge in [-0.05, 0) is 50.6 Å². The molecule has 0 aliphatic carbocycles. The van der Waals surface area contributed by atoms with Crippen molar-refractivity contribution in [3.05, 3.63) is 29.8 Å². The van der Waals surface area contributed by atoms with Gasteiger partial charge in [0.25, 0.3) is 0 Å². The molecule has 25 heavy (non-hydrogen) atoms. The molecule has 5 nitrogen and oxygen atoms in total. The summed E-state index contributed by atoms with van der Waals surface area (Å²) < 4.78 is 0.167. The zero-order valence-corrected chi connectivity index (χ0v) is 16.6. The van der Waals surface area contributed by atoms with E-state index in [0.717, 1.165) is 37.6 Å². The fourth-order valence-electron chi connectivity index (χ4n) is 2.65. The summed E-state index contributed by atoms with van der Waals surface area (Å²) in [5, 5.41) is 6.70. The summed E-state index contributed by atoms with van der Waals surface area (Å²) in [6.45, 7) is 6.80. The van der Waals surface area contributed by atoms with Crippen molar-refractivity contribution >= 4 is 29.3 Å². The smallest absolute Gasteiger partial charge is 0.226 e. The summed E-state index contributed by atoms with van der Waals surface area (Å²) in [7, 11) is 1.78. The Kier molecular flexibility index (Phi) is 7.17. The molecule has 0 unspecified atom stereocenters. The lowest BCUT2D eigenvalue weighted by Gasteiger charge is -2.27. The molecule has 1 aliphatic rings. The number of amides is 1. The molecule has 1 aromatic carbocycles. The van der Waals surface area contributed by atoms with Gasteiger partial charge < -0.3 is 15.5 Å². The summed E-state index contributed by atoms with van der Waals surface area (Å²) in [5.41, 5.74) is 2.16. The lowest BCUT2D eigenvalue weighted by atomic mass is 10.1. The van der Waals surface area contributed by atoms with E-state index in [1.54, 1.807) is 7.05 Å². The minimum absolute atomic E-state index is 0.167. The maximum Gasteiger partial charge on any atom is 0.226 e. The van der Waals surface area contributed by atoms with Gasteiger partial charge >= 0.3 is 0 Å². The van der Waals surface area contributed by atoms with Crippen LogP contribution in [-0.2, 0) is 11.3 Å². The number of thioether (sulfide) groups is 1. The van der Waals surface area contributed by atoms with Gasteiger partial charge in [-0.3, -0.25) is 9.79 Å². The number of carbonyl (C=O) groups excluding carboxylic acids is 1. The molecule has 6 heteroatoms. The van der Waals surface area contributed by atoms with Gasteiger partial charge in [0, 0.05) is 43.5 Å². The van der Waals surface area contributed by atoms with Crippen LogP contribution >= 0.6 is 11.8 Å². The Balaban J connectivity index is 1.87. The predicted octanol–water partition coefficient (Wildman–Crippen LogP) is 3.01. The normalized spacial score (nSPS) is 16.1. The monoisotopic (exact) mass is 362 g/mol. The number of nitrogens with one attached hydrogen (secondary N) is 2. The van der Waals surface area contributed by atoms with Gasteiger partial charge in [-0.25, -0.2) is 0 Å². The summed E-state index contributed by atoms with van der Waals surface area (Å²) >= 11 is 1.83. The van der Waals surface area contributed by atoms with E-state index in [4.69, 9.17) is 0 Å². The van der Waals surface area contributed by atoms with E-state index in [-0.39, 0.29) is 10.7 Å². The number of aliphatic imine (C=N–C) groups is 1. The van der Waals surface area contributed by atoms with Gasteiger partial charge in [0.05, 0.1) is 0 Å². The SMILES string of the molecule is CN=C(NCc1ccc(N2CCCCC2=O)cc1)NCC(C)(C)SC. The van der Waals surface area contributed by atoms with Crippen LogP contribution in [0, 0.1) is 0 Å². The van der Waals surface area contributed by atoms with Crippen molar-refractivity contribution in [1.29, 1.82) is 0 Å². The molecule has 1 fully saturated rings. The van der Waals surface area contributed by atoms with E-state index in [1.165, 1.54) is 5.56 Å². The van der Waals surface area contributed by atoms with Crippen LogP contribution in [-0.4, -0.2) is 43.0 Å². The molecule has 0 radical (unpaired) electrons. The molecule has 2 N–H and O–H groups in total. The number of rotatable bonds is 6. The quantitative estimate of drug-likeness (QED) is 0.603. The molecule has 0 atom stereocenters. The zero-order valence-electron chi connectivity index (χ0n) is 15.8. The first-order valence-electron chi connectivity index (χ1n) is 8.84. The van der Waals surface area contributed by atoms with E-state index < -0.39 is 0 Å². The van der Waals surface area contributed by atoms with Crippen molar-refractivity contribution in [1.82, 2.24) is 10.6 Å². The number of hydrogen-bond acceptors (Lipinski definition) is 3. The van der Waals surface area contributed by atoms with Crippen LogP contribution in [0.4, 0.5) is 5.69 Å². The second-order valence-electron chi connectivity index (χ2n) is 6.91. The van der Waals surface area contributed by atoms with Gasteiger partial charge in [0.15, 0.2) is 5.96 Å². The Morgan fingerprint density at radius 3 is 2.56 bits per heavy atom. The van der Waals surface area contributed by atoms with Crippen molar-refractivity contribution in [2.75, 3.05) is 31.3 Å². The van der Waals surface area contributed by atoms with E-state index >= 15 is 0 Å². The molecule has 0 aromatic heterocycles. The van der Waals surface area contributed by atoms with Crippen LogP contribution in [0.15, 0.2) is 29.3 Å². The van der Waals surface area contributed by atoms with Gasteiger partial charge in [-0.15, -0.1) is 0 Å². The van der Waals surface area contributed by atoms with E-state index in [1.807, 2.05) is 28.8 Å². The van der Waals surface area contributed by atoms with Gasteiger partial charge in [0.2, 0.25) is 5.91 Å². The molecule has 138 valence electrons. The Morgan fingerprint density at radius 2 is 1.96 bits per heavy atom. The number of anilines is 1. The number of benzene rings is 1. The lowest BCUT2D eigenvalue weighted by molar-refractivity contribution is -0.119. The first kappa shape index (κ1) is 19.6. The minimum Gasteiger partial charge on any atom is -0.355 e. The van der Waals surface area contributed by atoms with Crippen LogP contribution in [0.2, 0.25) is 0 Å². The highest BCUT2D eigenvalue weighted by atomic mass is 32.2. The van der Waals surface area contributed by atoms with E-state index in [2.05, 4.69) is 47.9 Å². The Hall–Kier alpha value is -1.69. The molecule has 0 spiro atoms. The van der Waals surface area contributed by atoms with Gasteiger partial charge in [-0.2, -0.15) is 11.8 Å². The van der Waals surface area contributed by atoms with Crippen LogP contribution in [0.1, 0.15) is 38.7 Å². The average molecular weight is 363 g/mol. The van der Waals surface area contributed by atoms with Crippen molar-refractivity contribution in [3.8, 4) is 0 Å². The fourth-order valence-corrected chi connectivity index (χ4v) is 2.86. The number of piperidine rings is 1. The summed E-state index contributed by atoms with van der Waals surface area (Å²) in [4.78, 5) is 18.2. The maximum absolute atomic E-state index is 12.0. The van der Waals surface area contributed by atoms with E-state index in [0.29, 0.717) is 13.0 Å². The van der Waals surface area contributed by atoms with Crippen molar-refractivity contribution in [2.24, 2.45) is 4.99 Å². The number of guanidine groups is 1. The van der Waals surface area contributed by atoms with E-state index in [9.17, 15) is 4.79 Å². The molecule has 0 saturated carbocycles. The predicted molar refractivity (Wildman–Crippen MR) is 108 cm³/mol. The van der Waals surface area contributed by atoms with Crippen LogP contribution < -0.4 is 15.5 Å². The molecule has 1 saturated heterocycles. The number of carbonyl (C=O) groups is 1. The highest BCUT2D eigenvalue weighted by molar-refractivity contribution is 7.99. The van der Waals surface area contributed by atoms with Crippen molar-refractivity contribution in [2.45, 2.75) is 44.4 Å².